The van der Waals surface area contributed by atoms with Crippen molar-refractivity contribution in [1.82, 2.24) is 19.7 Å². The van der Waals surface area contributed by atoms with Crippen molar-refractivity contribution in [3.8, 4) is 11.1 Å². The second-order valence-electron chi connectivity index (χ2n) is 5.15. The first-order chi connectivity index (χ1) is 10.3. The number of hydrogen-bond acceptors (Lipinski definition) is 4. The molecule has 0 bridgehead atoms. The lowest BCUT2D eigenvalue weighted by molar-refractivity contribution is 0.565. The summed E-state index contributed by atoms with van der Waals surface area (Å²) in [6.07, 6.45) is 8.90. The van der Waals surface area contributed by atoms with Crippen LogP contribution in [-0.2, 0) is 6.54 Å². The van der Waals surface area contributed by atoms with E-state index in [1.165, 1.54) is 12.8 Å². The molecular formula is C16H19N5. The molecule has 0 unspecified atom stereocenters. The minimum absolute atomic E-state index is 0.546. The van der Waals surface area contributed by atoms with Gasteiger partial charge in [-0.25, -0.2) is 9.67 Å². The summed E-state index contributed by atoms with van der Waals surface area (Å²) < 4.78 is 1.91. The molecule has 5 nitrogen and oxygen atoms in total. The Morgan fingerprint density at radius 2 is 1.95 bits per heavy atom. The number of aryl methyl sites for hydroxylation is 1. The van der Waals surface area contributed by atoms with Gasteiger partial charge in [0, 0.05) is 30.7 Å². The molecule has 0 aromatic carbocycles. The van der Waals surface area contributed by atoms with Crippen LogP contribution >= 0.6 is 0 Å². The van der Waals surface area contributed by atoms with Crippen molar-refractivity contribution in [2.45, 2.75) is 32.7 Å². The number of pyridine rings is 2. The number of anilines is 1. The fraction of sp³-hybridized carbons (Fsp3) is 0.312. The number of nitrogen functional groups attached to an aromatic ring is 1. The van der Waals surface area contributed by atoms with Crippen molar-refractivity contribution in [1.29, 1.82) is 0 Å². The third-order valence-electron chi connectivity index (χ3n) is 3.60. The number of aromatic nitrogens is 4. The Bertz CT molecular complexity index is 733. The van der Waals surface area contributed by atoms with Gasteiger partial charge in [-0.1, -0.05) is 19.8 Å². The van der Waals surface area contributed by atoms with Crippen molar-refractivity contribution in [2.24, 2.45) is 0 Å². The van der Waals surface area contributed by atoms with Gasteiger partial charge < -0.3 is 5.73 Å². The van der Waals surface area contributed by atoms with Crippen LogP contribution in [0.4, 0.5) is 5.82 Å². The Morgan fingerprint density at radius 3 is 2.71 bits per heavy atom. The van der Waals surface area contributed by atoms with Gasteiger partial charge >= 0.3 is 0 Å². The highest BCUT2D eigenvalue weighted by Crippen LogP contribution is 2.25. The summed E-state index contributed by atoms with van der Waals surface area (Å²) in [4.78, 5) is 8.59. The lowest BCUT2D eigenvalue weighted by atomic mass is 10.1. The summed E-state index contributed by atoms with van der Waals surface area (Å²) in [6.45, 7) is 3.05. The molecule has 21 heavy (non-hydrogen) atoms. The van der Waals surface area contributed by atoms with Gasteiger partial charge in [0.25, 0.3) is 0 Å². The van der Waals surface area contributed by atoms with Crippen molar-refractivity contribution in [3.63, 3.8) is 0 Å². The lowest BCUT2D eigenvalue weighted by Crippen LogP contribution is -2.01. The number of nitrogens with zero attached hydrogens (tertiary/aromatic N) is 4. The van der Waals surface area contributed by atoms with Crippen LogP contribution < -0.4 is 5.73 Å². The molecule has 0 atom stereocenters. The van der Waals surface area contributed by atoms with E-state index >= 15 is 0 Å². The van der Waals surface area contributed by atoms with Crippen LogP contribution in [0.3, 0.4) is 0 Å². The second-order valence-corrected chi connectivity index (χ2v) is 5.15. The maximum atomic E-state index is 6.04. The summed E-state index contributed by atoms with van der Waals surface area (Å²) in [5.41, 5.74) is 9.02. The van der Waals surface area contributed by atoms with Crippen LogP contribution in [0.1, 0.15) is 26.2 Å². The van der Waals surface area contributed by atoms with E-state index < -0.39 is 0 Å². The number of rotatable bonds is 5. The Hall–Kier alpha value is -2.43. The molecule has 108 valence electrons. The first-order valence-electron chi connectivity index (χ1n) is 7.32. The zero-order chi connectivity index (χ0) is 14.7. The largest absolute Gasteiger partial charge is 0.382 e. The van der Waals surface area contributed by atoms with E-state index in [1.807, 2.05) is 23.0 Å². The van der Waals surface area contributed by atoms with Gasteiger partial charge in [-0.15, -0.1) is 0 Å². The fourth-order valence-electron chi connectivity index (χ4n) is 2.45. The van der Waals surface area contributed by atoms with E-state index in [9.17, 15) is 0 Å². The molecule has 5 heteroatoms. The van der Waals surface area contributed by atoms with E-state index in [-0.39, 0.29) is 0 Å². The average Bonchev–Trinajstić information content (AvgIpc) is 2.84. The molecule has 0 saturated heterocycles. The van der Waals surface area contributed by atoms with Crippen LogP contribution in [0.15, 0.2) is 36.8 Å². The quantitative estimate of drug-likeness (QED) is 0.729. The molecule has 0 spiro atoms. The van der Waals surface area contributed by atoms with Crippen molar-refractivity contribution >= 4 is 16.9 Å². The summed E-state index contributed by atoms with van der Waals surface area (Å²) in [5.74, 6) is 0.546. The minimum Gasteiger partial charge on any atom is -0.382 e. The van der Waals surface area contributed by atoms with Gasteiger partial charge in [0.05, 0.1) is 5.39 Å². The normalized spacial score (nSPS) is 11.1. The molecule has 3 rings (SSSR count). The highest BCUT2D eigenvalue weighted by Gasteiger charge is 2.10. The first kappa shape index (κ1) is 13.5. The molecular weight excluding hydrogens is 262 g/mol. The molecule has 0 saturated carbocycles. The Balaban J connectivity index is 1.97. The van der Waals surface area contributed by atoms with Gasteiger partial charge in [0.15, 0.2) is 11.5 Å². The van der Waals surface area contributed by atoms with Crippen molar-refractivity contribution < 1.29 is 0 Å². The third-order valence-corrected chi connectivity index (χ3v) is 3.60. The number of hydrogen-bond donors (Lipinski definition) is 1. The van der Waals surface area contributed by atoms with Crippen LogP contribution in [0.25, 0.3) is 22.2 Å². The predicted octanol–water partition coefficient (Wildman–Crippen LogP) is 3.27. The second kappa shape index (κ2) is 5.91. The number of fused-ring (bicyclic) bond motifs is 1. The van der Waals surface area contributed by atoms with Gasteiger partial charge in [0.2, 0.25) is 0 Å². The van der Waals surface area contributed by atoms with Gasteiger partial charge in [0.1, 0.15) is 0 Å². The number of unbranched alkanes of at least 4 members (excludes halogenated alkanes) is 2. The lowest BCUT2D eigenvalue weighted by Gasteiger charge is -2.03. The molecule has 0 aliphatic heterocycles. The fourth-order valence-corrected chi connectivity index (χ4v) is 2.45. The highest BCUT2D eigenvalue weighted by atomic mass is 15.3. The highest BCUT2D eigenvalue weighted by molar-refractivity contribution is 5.89. The maximum absolute atomic E-state index is 6.04. The maximum Gasteiger partial charge on any atom is 0.159 e. The molecule has 2 N–H and O–H groups in total. The van der Waals surface area contributed by atoms with Crippen LogP contribution in [0.5, 0.6) is 0 Å². The Morgan fingerprint density at radius 1 is 1.14 bits per heavy atom. The molecule has 3 aromatic heterocycles. The molecule has 0 radical (unpaired) electrons. The van der Waals surface area contributed by atoms with Crippen LogP contribution in [0.2, 0.25) is 0 Å². The van der Waals surface area contributed by atoms with Crippen LogP contribution in [0, 0.1) is 0 Å². The van der Waals surface area contributed by atoms with Crippen molar-refractivity contribution in [2.75, 3.05) is 5.73 Å². The smallest absolute Gasteiger partial charge is 0.159 e. The molecule has 3 heterocycles. The molecule has 0 amide bonds. The Labute approximate surface area is 123 Å². The third kappa shape index (κ3) is 2.72. The van der Waals surface area contributed by atoms with E-state index in [0.717, 1.165) is 35.1 Å². The zero-order valence-electron chi connectivity index (χ0n) is 12.2. The van der Waals surface area contributed by atoms with Gasteiger partial charge in [-0.3, -0.25) is 4.98 Å². The van der Waals surface area contributed by atoms with E-state index in [1.54, 1.807) is 12.4 Å². The molecule has 0 fully saturated rings. The van der Waals surface area contributed by atoms with Gasteiger partial charge in [-0.2, -0.15) is 5.10 Å². The average molecular weight is 281 g/mol. The van der Waals surface area contributed by atoms with Gasteiger partial charge in [-0.05, 0) is 30.2 Å². The van der Waals surface area contributed by atoms with E-state index in [2.05, 4.69) is 28.1 Å². The topological polar surface area (TPSA) is 69.6 Å². The summed E-state index contributed by atoms with van der Waals surface area (Å²) in [7, 11) is 0. The minimum atomic E-state index is 0.546. The first-order valence-corrected chi connectivity index (χ1v) is 7.32. The SMILES string of the molecule is CCCCCn1nc(N)c2cc(-c3ccncc3)cnc21. The molecule has 3 aromatic rings. The van der Waals surface area contributed by atoms with E-state index in [0.29, 0.717) is 5.82 Å². The molecule has 0 aliphatic rings. The zero-order valence-corrected chi connectivity index (χ0v) is 12.2. The summed E-state index contributed by atoms with van der Waals surface area (Å²) >= 11 is 0. The predicted molar refractivity (Wildman–Crippen MR) is 84.7 cm³/mol. The standard InChI is InChI=1S/C16H19N5/c1-2-3-4-9-21-16-14(15(17)20-21)10-13(11-19-16)12-5-7-18-8-6-12/h5-8,10-11H,2-4,9H2,1H3,(H2,17,20). The van der Waals surface area contributed by atoms with E-state index in [4.69, 9.17) is 5.73 Å². The van der Waals surface area contributed by atoms with Crippen molar-refractivity contribution in [3.05, 3.63) is 36.8 Å². The van der Waals surface area contributed by atoms with Crippen LogP contribution in [-0.4, -0.2) is 19.7 Å². The summed E-state index contributed by atoms with van der Waals surface area (Å²) in [6, 6.07) is 5.98. The molecule has 0 aliphatic carbocycles. The Kier molecular flexibility index (Phi) is 3.81. The number of nitrogens with two attached hydrogens (primary N) is 1. The summed E-state index contributed by atoms with van der Waals surface area (Å²) in [5, 5.41) is 5.33. The monoisotopic (exact) mass is 281 g/mol.